The fraction of sp³-hybridized carbons (Fsp3) is 0.579. The maximum Gasteiger partial charge on any atom is 0.307 e. The first kappa shape index (κ1) is 17.7. The van der Waals surface area contributed by atoms with E-state index in [-0.39, 0.29) is 5.91 Å². The summed E-state index contributed by atoms with van der Waals surface area (Å²) >= 11 is 0. The first-order valence-electron chi connectivity index (χ1n) is 9.12. The largest absolute Gasteiger partial charge is 0.481 e. The minimum atomic E-state index is -0.856. The van der Waals surface area contributed by atoms with Gasteiger partial charge in [-0.15, -0.1) is 0 Å². The first-order chi connectivity index (χ1) is 12.0. The van der Waals surface area contributed by atoms with Gasteiger partial charge in [-0.2, -0.15) is 0 Å². The molecular weight excluding hydrogens is 318 g/mol. The van der Waals surface area contributed by atoms with Gasteiger partial charge < -0.3 is 20.2 Å². The minimum absolute atomic E-state index is 0.167. The van der Waals surface area contributed by atoms with Crippen molar-refractivity contribution in [2.24, 2.45) is 11.8 Å². The maximum absolute atomic E-state index is 12.5. The van der Waals surface area contributed by atoms with Crippen molar-refractivity contribution in [3.8, 4) is 0 Å². The van der Waals surface area contributed by atoms with Gasteiger partial charge in [0.05, 0.1) is 11.8 Å². The van der Waals surface area contributed by atoms with Crippen molar-refractivity contribution in [3.63, 3.8) is 0 Å². The van der Waals surface area contributed by atoms with Crippen molar-refractivity contribution in [3.05, 3.63) is 24.3 Å². The first-order valence-corrected chi connectivity index (χ1v) is 9.12. The van der Waals surface area contributed by atoms with Crippen molar-refractivity contribution in [2.75, 3.05) is 43.4 Å². The molecule has 1 aromatic rings. The molecular formula is C19H27N3O3. The van der Waals surface area contributed by atoms with Crippen LogP contribution in [0.5, 0.6) is 0 Å². The van der Waals surface area contributed by atoms with E-state index in [9.17, 15) is 14.7 Å². The molecule has 136 valence electrons. The summed E-state index contributed by atoms with van der Waals surface area (Å²) in [5.74, 6) is -2.01. The van der Waals surface area contributed by atoms with Gasteiger partial charge in [0.2, 0.25) is 5.91 Å². The van der Waals surface area contributed by atoms with Crippen molar-refractivity contribution in [1.29, 1.82) is 0 Å². The average Bonchev–Trinajstić information content (AvgIpc) is 2.63. The van der Waals surface area contributed by atoms with Crippen molar-refractivity contribution < 1.29 is 14.7 Å². The van der Waals surface area contributed by atoms with E-state index in [2.05, 4.69) is 22.2 Å². The van der Waals surface area contributed by atoms with Gasteiger partial charge in [-0.3, -0.25) is 9.59 Å². The van der Waals surface area contributed by atoms with Crippen LogP contribution in [0.2, 0.25) is 0 Å². The Bertz CT molecular complexity index is 609. The van der Waals surface area contributed by atoms with Crippen LogP contribution in [-0.4, -0.2) is 55.1 Å². The molecule has 2 atom stereocenters. The van der Waals surface area contributed by atoms with Crippen molar-refractivity contribution in [2.45, 2.75) is 25.7 Å². The van der Waals surface area contributed by atoms with Gasteiger partial charge in [-0.1, -0.05) is 12.8 Å². The summed E-state index contributed by atoms with van der Waals surface area (Å²) in [4.78, 5) is 28.5. The van der Waals surface area contributed by atoms with E-state index >= 15 is 0 Å². The normalized spacial score (nSPS) is 24.8. The smallest absolute Gasteiger partial charge is 0.307 e. The molecule has 25 heavy (non-hydrogen) atoms. The molecule has 2 N–H and O–H groups in total. The van der Waals surface area contributed by atoms with Gasteiger partial charge in [0.15, 0.2) is 0 Å². The highest BCUT2D eigenvalue weighted by Crippen LogP contribution is 2.31. The monoisotopic (exact) mass is 345 g/mol. The molecule has 0 radical (unpaired) electrons. The van der Waals surface area contributed by atoms with E-state index in [1.807, 2.05) is 24.3 Å². The molecule has 1 amide bonds. The van der Waals surface area contributed by atoms with Crippen LogP contribution in [0.15, 0.2) is 24.3 Å². The Labute approximate surface area is 148 Å². The van der Waals surface area contributed by atoms with Gasteiger partial charge in [0, 0.05) is 37.6 Å². The number of amides is 1. The molecule has 1 saturated heterocycles. The molecule has 3 rings (SSSR count). The summed E-state index contributed by atoms with van der Waals surface area (Å²) in [6.45, 7) is 4.11. The van der Waals surface area contributed by atoms with Crippen molar-refractivity contribution in [1.82, 2.24) is 4.90 Å². The average molecular weight is 345 g/mol. The maximum atomic E-state index is 12.5. The zero-order valence-electron chi connectivity index (χ0n) is 14.8. The van der Waals surface area contributed by atoms with Crippen LogP contribution in [0.25, 0.3) is 0 Å². The molecule has 6 heteroatoms. The summed E-state index contributed by atoms with van der Waals surface area (Å²) in [7, 11) is 2.13. The predicted molar refractivity (Wildman–Crippen MR) is 97.9 cm³/mol. The van der Waals surface area contributed by atoms with E-state index in [0.717, 1.165) is 50.4 Å². The van der Waals surface area contributed by atoms with Crippen LogP contribution in [0, 0.1) is 11.8 Å². The number of carbonyl (C=O) groups is 2. The third kappa shape index (κ3) is 4.31. The number of carboxylic acid groups (broad SMARTS) is 1. The molecule has 1 saturated carbocycles. The lowest BCUT2D eigenvalue weighted by atomic mass is 9.78. The highest BCUT2D eigenvalue weighted by atomic mass is 16.4. The zero-order chi connectivity index (χ0) is 17.8. The number of hydrogen-bond acceptors (Lipinski definition) is 4. The lowest BCUT2D eigenvalue weighted by molar-refractivity contribution is -0.147. The van der Waals surface area contributed by atoms with E-state index in [4.69, 9.17) is 0 Å². The van der Waals surface area contributed by atoms with Gasteiger partial charge >= 0.3 is 5.97 Å². The standard InChI is InChI=1S/C19H27N3O3/c1-21-10-12-22(13-11-21)15-8-6-14(7-9-15)20-18(23)16-4-2-3-5-17(16)19(24)25/h6-9,16-17H,2-5,10-13H2,1H3,(H,20,23)(H,24,25). The number of piperazine rings is 1. The molecule has 1 aliphatic carbocycles. The van der Waals surface area contributed by atoms with Crippen molar-refractivity contribution >= 4 is 23.3 Å². The van der Waals surface area contributed by atoms with Gasteiger partial charge in [-0.05, 0) is 44.2 Å². The van der Waals surface area contributed by atoms with Gasteiger partial charge in [-0.25, -0.2) is 0 Å². The van der Waals surface area contributed by atoms with Crippen LogP contribution >= 0.6 is 0 Å². The Morgan fingerprint density at radius 2 is 1.60 bits per heavy atom. The molecule has 0 spiro atoms. The second kappa shape index (κ2) is 7.87. The summed E-state index contributed by atoms with van der Waals surface area (Å²) in [5, 5.41) is 12.2. The van der Waals surface area contributed by atoms with Gasteiger partial charge in [0.1, 0.15) is 0 Å². The zero-order valence-corrected chi connectivity index (χ0v) is 14.8. The third-order valence-corrected chi connectivity index (χ3v) is 5.42. The molecule has 0 bridgehead atoms. The van der Waals surface area contributed by atoms with E-state index in [1.54, 1.807) is 0 Å². The Morgan fingerprint density at radius 1 is 1.00 bits per heavy atom. The Balaban J connectivity index is 1.60. The van der Waals surface area contributed by atoms with Gasteiger partial charge in [0.25, 0.3) is 0 Å². The van der Waals surface area contributed by atoms with Crippen LogP contribution in [0.4, 0.5) is 11.4 Å². The van der Waals surface area contributed by atoms with E-state index < -0.39 is 17.8 Å². The molecule has 2 unspecified atom stereocenters. The minimum Gasteiger partial charge on any atom is -0.481 e. The molecule has 1 aromatic carbocycles. The number of rotatable bonds is 4. The number of carbonyl (C=O) groups excluding carboxylic acids is 1. The molecule has 0 aromatic heterocycles. The molecule has 1 aliphatic heterocycles. The second-order valence-corrected chi connectivity index (χ2v) is 7.16. The highest BCUT2D eigenvalue weighted by molar-refractivity contribution is 5.95. The third-order valence-electron chi connectivity index (χ3n) is 5.42. The number of anilines is 2. The molecule has 6 nitrogen and oxygen atoms in total. The molecule has 2 aliphatic rings. The number of likely N-dealkylation sites (N-methyl/N-ethyl adjacent to an activating group) is 1. The summed E-state index contributed by atoms with van der Waals surface area (Å²) < 4.78 is 0. The number of nitrogens with zero attached hydrogens (tertiary/aromatic N) is 2. The molecule has 1 heterocycles. The second-order valence-electron chi connectivity index (χ2n) is 7.16. The quantitative estimate of drug-likeness (QED) is 0.876. The lowest BCUT2D eigenvalue weighted by Crippen LogP contribution is -2.44. The van der Waals surface area contributed by atoms with Crippen LogP contribution in [0.1, 0.15) is 25.7 Å². The SMILES string of the molecule is CN1CCN(c2ccc(NC(=O)C3CCCCC3C(=O)O)cc2)CC1. The topological polar surface area (TPSA) is 72.9 Å². The predicted octanol–water partition coefficient (Wildman–Crippen LogP) is 2.27. The number of nitrogens with one attached hydrogen (secondary N) is 1. The number of hydrogen-bond donors (Lipinski definition) is 2. The fourth-order valence-corrected chi connectivity index (χ4v) is 3.80. The van der Waals surface area contributed by atoms with Crippen LogP contribution in [-0.2, 0) is 9.59 Å². The lowest BCUT2D eigenvalue weighted by Gasteiger charge is -2.34. The number of carboxylic acids is 1. The summed E-state index contributed by atoms with van der Waals surface area (Å²) in [6, 6.07) is 7.86. The Hall–Kier alpha value is -2.08. The van der Waals surface area contributed by atoms with Crippen LogP contribution < -0.4 is 10.2 Å². The van der Waals surface area contributed by atoms with Crippen LogP contribution in [0.3, 0.4) is 0 Å². The number of aliphatic carboxylic acids is 1. The van der Waals surface area contributed by atoms with E-state index in [0.29, 0.717) is 12.8 Å². The summed E-state index contributed by atoms with van der Waals surface area (Å²) in [5.41, 5.74) is 1.89. The fourth-order valence-electron chi connectivity index (χ4n) is 3.80. The Kier molecular flexibility index (Phi) is 5.58. The Morgan fingerprint density at radius 3 is 2.20 bits per heavy atom. The summed E-state index contributed by atoms with van der Waals surface area (Å²) in [6.07, 6.45) is 3.06. The molecule has 2 fully saturated rings. The number of benzene rings is 1. The van der Waals surface area contributed by atoms with E-state index in [1.165, 1.54) is 0 Å². The highest BCUT2D eigenvalue weighted by Gasteiger charge is 2.35.